The summed E-state index contributed by atoms with van der Waals surface area (Å²) in [5.41, 5.74) is -0.474. The van der Waals surface area contributed by atoms with E-state index in [1.165, 1.54) is 24.3 Å². The summed E-state index contributed by atoms with van der Waals surface area (Å²) in [5, 5.41) is 19.8. The van der Waals surface area contributed by atoms with E-state index < -0.39 is 10.9 Å². The quantitative estimate of drug-likeness (QED) is 0.284. The second-order valence-corrected chi connectivity index (χ2v) is 3.04. The predicted molar refractivity (Wildman–Crippen MR) is 60.3 cm³/mol. The zero-order valence-electron chi connectivity index (χ0n) is 9.12. The zero-order chi connectivity index (χ0) is 12.8. The van der Waals surface area contributed by atoms with Gasteiger partial charge in [0.1, 0.15) is 5.57 Å². The summed E-state index contributed by atoms with van der Waals surface area (Å²) in [6.07, 6.45) is 0.514. The zero-order valence-corrected chi connectivity index (χ0v) is 9.12. The maximum Gasteiger partial charge on any atom is 0.342 e. The van der Waals surface area contributed by atoms with Gasteiger partial charge in [-0.25, -0.2) is 4.79 Å². The third-order valence-electron chi connectivity index (χ3n) is 2.02. The number of benzene rings is 1. The molecule has 1 N–H and O–H groups in total. The Hall–Kier alpha value is -2.37. The van der Waals surface area contributed by atoms with Crippen LogP contribution in [0.1, 0.15) is 12.5 Å². The van der Waals surface area contributed by atoms with E-state index in [1.54, 1.807) is 6.92 Å². The molecule has 0 saturated carbocycles. The van der Waals surface area contributed by atoms with Crippen LogP contribution in [0.4, 0.5) is 5.69 Å². The molecule has 0 unspecified atom stereocenters. The Morgan fingerprint density at radius 3 is 2.71 bits per heavy atom. The monoisotopic (exact) mass is 237 g/mol. The summed E-state index contributed by atoms with van der Waals surface area (Å²) >= 11 is 0. The fraction of sp³-hybridized carbons (Fsp3) is 0.182. The number of hydrogen-bond acceptors (Lipinski definition) is 5. The number of ether oxygens (including phenoxy) is 1. The molecule has 1 aromatic carbocycles. The Balaban J connectivity index is 3.22. The summed E-state index contributed by atoms with van der Waals surface area (Å²) in [6.45, 7) is 1.73. The molecule has 0 amide bonds. The molecule has 90 valence electrons. The minimum absolute atomic E-state index is 0.0263. The van der Waals surface area contributed by atoms with Crippen molar-refractivity contribution in [1.82, 2.24) is 0 Å². The molecular formula is C11H11NO5. The van der Waals surface area contributed by atoms with Crippen molar-refractivity contribution in [2.75, 3.05) is 6.61 Å². The molecule has 0 aliphatic heterocycles. The Labute approximate surface area is 97.3 Å². The fourth-order valence-electron chi connectivity index (χ4n) is 1.30. The van der Waals surface area contributed by atoms with Gasteiger partial charge in [0.15, 0.2) is 0 Å². The van der Waals surface area contributed by atoms with Crippen molar-refractivity contribution in [3.05, 3.63) is 46.2 Å². The van der Waals surface area contributed by atoms with Crippen molar-refractivity contribution < 1.29 is 19.6 Å². The van der Waals surface area contributed by atoms with Crippen molar-refractivity contribution in [3.8, 4) is 0 Å². The summed E-state index contributed by atoms with van der Waals surface area (Å²) in [4.78, 5) is 21.6. The van der Waals surface area contributed by atoms with Gasteiger partial charge in [-0.05, 0) is 13.0 Å². The minimum atomic E-state index is -0.802. The summed E-state index contributed by atoms with van der Waals surface area (Å²) in [6, 6.07) is 5.63. The van der Waals surface area contributed by atoms with Crippen molar-refractivity contribution >= 4 is 17.2 Å². The van der Waals surface area contributed by atoms with Crippen molar-refractivity contribution in [2.45, 2.75) is 6.92 Å². The van der Waals surface area contributed by atoms with E-state index in [9.17, 15) is 14.9 Å². The van der Waals surface area contributed by atoms with Crippen LogP contribution in [0.15, 0.2) is 30.5 Å². The van der Waals surface area contributed by atoms with Gasteiger partial charge in [-0.15, -0.1) is 0 Å². The number of nitrogens with zero attached hydrogens (tertiary/aromatic N) is 1. The molecule has 0 heterocycles. The predicted octanol–water partition coefficient (Wildman–Crippen LogP) is 2.06. The van der Waals surface area contributed by atoms with E-state index in [0.29, 0.717) is 6.26 Å². The standard InChI is InChI=1S/C11H11NO5/c1-2-17-11(14)9(7-13)8-5-3-4-6-10(8)12(15)16/h3-7,13H,2H2,1H3/b9-7-. The molecule has 6 heteroatoms. The van der Waals surface area contributed by atoms with Gasteiger partial charge < -0.3 is 9.84 Å². The average Bonchev–Trinajstić information content (AvgIpc) is 2.31. The SMILES string of the molecule is CCOC(=O)/C(=C\O)c1ccccc1[N+](=O)[O-]. The topological polar surface area (TPSA) is 89.7 Å². The highest BCUT2D eigenvalue weighted by Gasteiger charge is 2.22. The Bertz CT molecular complexity index is 467. The minimum Gasteiger partial charge on any atom is -0.515 e. The third kappa shape index (κ3) is 2.81. The van der Waals surface area contributed by atoms with Crippen LogP contribution in [0.5, 0.6) is 0 Å². The lowest BCUT2D eigenvalue weighted by Gasteiger charge is -2.06. The highest BCUT2D eigenvalue weighted by Crippen LogP contribution is 2.26. The van der Waals surface area contributed by atoms with Gasteiger partial charge in [0.05, 0.1) is 23.4 Å². The number of esters is 1. The summed E-state index contributed by atoms with van der Waals surface area (Å²) in [7, 11) is 0. The van der Waals surface area contributed by atoms with E-state index in [4.69, 9.17) is 9.84 Å². The average molecular weight is 237 g/mol. The van der Waals surface area contributed by atoms with E-state index in [0.717, 1.165) is 0 Å². The van der Waals surface area contributed by atoms with E-state index >= 15 is 0 Å². The molecule has 6 nitrogen and oxygen atoms in total. The van der Waals surface area contributed by atoms with Gasteiger partial charge >= 0.3 is 5.97 Å². The first kappa shape index (κ1) is 12.7. The van der Waals surface area contributed by atoms with Gasteiger partial charge in [0.25, 0.3) is 5.69 Å². The van der Waals surface area contributed by atoms with Gasteiger partial charge in [-0.3, -0.25) is 10.1 Å². The van der Waals surface area contributed by atoms with Gasteiger partial charge in [-0.2, -0.15) is 0 Å². The van der Waals surface area contributed by atoms with Crippen LogP contribution in [0.3, 0.4) is 0 Å². The van der Waals surface area contributed by atoms with Crippen LogP contribution in [-0.2, 0) is 9.53 Å². The second-order valence-electron chi connectivity index (χ2n) is 3.04. The first-order valence-electron chi connectivity index (χ1n) is 4.87. The van der Waals surface area contributed by atoms with Crippen molar-refractivity contribution in [2.24, 2.45) is 0 Å². The number of aliphatic hydroxyl groups excluding tert-OH is 1. The largest absolute Gasteiger partial charge is 0.515 e. The molecule has 0 saturated heterocycles. The highest BCUT2D eigenvalue weighted by atomic mass is 16.6. The van der Waals surface area contributed by atoms with E-state index in [1.807, 2.05) is 0 Å². The number of hydrogen-bond donors (Lipinski definition) is 1. The maximum absolute atomic E-state index is 11.5. The number of aliphatic hydroxyl groups is 1. The molecular weight excluding hydrogens is 226 g/mol. The number of carbonyl (C=O) groups excluding carboxylic acids is 1. The Morgan fingerprint density at radius 2 is 2.18 bits per heavy atom. The summed E-state index contributed by atoms with van der Waals surface area (Å²) in [5.74, 6) is -0.802. The molecule has 0 aliphatic rings. The second kappa shape index (κ2) is 5.64. The molecule has 0 aromatic heterocycles. The lowest BCUT2D eigenvalue weighted by atomic mass is 10.1. The molecule has 0 atom stereocenters. The van der Waals surface area contributed by atoms with Gasteiger partial charge in [0.2, 0.25) is 0 Å². The number of nitro groups is 1. The van der Waals surface area contributed by atoms with Crippen molar-refractivity contribution in [3.63, 3.8) is 0 Å². The Morgan fingerprint density at radius 1 is 1.53 bits per heavy atom. The van der Waals surface area contributed by atoms with Gasteiger partial charge in [0, 0.05) is 6.07 Å². The maximum atomic E-state index is 11.5. The van der Waals surface area contributed by atoms with Crippen LogP contribution in [0, 0.1) is 10.1 Å². The number of rotatable bonds is 4. The first-order chi connectivity index (χ1) is 8.11. The number of nitro benzene ring substituents is 1. The van der Waals surface area contributed by atoms with Crippen LogP contribution in [0.25, 0.3) is 5.57 Å². The normalized spacial score (nSPS) is 11.0. The first-order valence-corrected chi connectivity index (χ1v) is 4.87. The van der Waals surface area contributed by atoms with Crippen LogP contribution < -0.4 is 0 Å². The number of carbonyl (C=O) groups is 1. The molecule has 0 bridgehead atoms. The van der Waals surface area contributed by atoms with Crippen LogP contribution in [-0.4, -0.2) is 22.6 Å². The van der Waals surface area contributed by atoms with E-state index in [2.05, 4.69) is 0 Å². The van der Waals surface area contributed by atoms with Crippen LogP contribution in [0.2, 0.25) is 0 Å². The highest BCUT2D eigenvalue weighted by molar-refractivity contribution is 6.17. The molecule has 0 radical (unpaired) electrons. The molecule has 0 fully saturated rings. The molecule has 0 aliphatic carbocycles. The molecule has 1 aromatic rings. The Kier molecular flexibility index (Phi) is 4.21. The molecule has 1 rings (SSSR count). The third-order valence-corrected chi connectivity index (χ3v) is 2.02. The summed E-state index contributed by atoms with van der Waals surface area (Å²) < 4.78 is 4.69. The number of para-hydroxylation sites is 1. The van der Waals surface area contributed by atoms with Crippen molar-refractivity contribution in [1.29, 1.82) is 0 Å². The fourth-order valence-corrected chi connectivity index (χ4v) is 1.30. The lowest BCUT2D eigenvalue weighted by molar-refractivity contribution is -0.385. The van der Waals surface area contributed by atoms with Crippen LogP contribution >= 0.6 is 0 Å². The molecule has 17 heavy (non-hydrogen) atoms. The van der Waals surface area contributed by atoms with E-state index in [-0.39, 0.29) is 23.4 Å². The van der Waals surface area contributed by atoms with Gasteiger partial charge in [-0.1, -0.05) is 12.1 Å². The lowest BCUT2D eigenvalue weighted by Crippen LogP contribution is -2.08. The smallest absolute Gasteiger partial charge is 0.342 e. The molecule has 0 spiro atoms.